The molecule has 2 aromatic rings. The van der Waals surface area contributed by atoms with Crippen molar-refractivity contribution in [3.63, 3.8) is 0 Å². The molecule has 0 spiro atoms. The minimum absolute atomic E-state index is 0.115. The number of ether oxygens (including phenoxy) is 2. The van der Waals surface area contributed by atoms with Gasteiger partial charge in [0.25, 0.3) is 0 Å². The van der Waals surface area contributed by atoms with Crippen molar-refractivity contribution in [1.29, 1.82) is 0 Å². The van der Waals surface area contributed by atoms with Crippen LogP contribution in [0.15, 0.2) is 34.1 Å². The number of rotatable bonds is 14. The summed E-state index contributed by atoms with van der Waals surface area (Å²) in [4.78, 5) is 28.7. The molecule has 4 unspecified atom stereocenters. The summed E-state index contributed by atoms with van der Waals surface area (Å²) in [5.74, 6) is 0. The number of aromatic amines is 2. The van der Waals surface area contributed by atoms with Gasteiger partial charge in [0.05, 0.1) is 0 Å². The van der Waals surface area contributed by atoms with Crippen molar-refractivity contribution in [2.24, 2.45) is 0 Å². The van der Waals surface area contributed by atoms with Crippen LogP contribution in [0.25, 0.3) is 0 Å². The van der Waals surface area contributed by atoms with E-state index >= 15 is 0 Å². The van der Waals surface area contributed by atoms with Crippen LogP contribution in [0.4, 0.5) is 0 Å². The molecule has 2 aliphatic heterocycles. The summed E-state index contributed by atoms with van der Waals surface area (Å²) >= 11 is 9.64. The molecule has 12 atom stereocenters. The van der Waals surface area contributed by atoms with Crippen LogP contribution < -0.4 is 11.4 Å². The Morgan fingerprint density at radius 1 is 0.667 bits per heavy atom. The van der Waals surface area contributed by atoms with E-state index in [2.05, 4.69) is 22.9 Å². The smallest absolute Gasteiger partial charge is 0.387 e. The maximum absolute atomic E-state index is 12.1. The highest BCUT2D eigenvalue weighted by molar-refractivity contribution is 7.71. The molecule has 4 heterocycles. The van der Waals surface area contributed by atoms with Gasteiger partial charge in [-0.2, -0.15) is 0 Å². The second kappa shape index (κ2) is 15.8. The average Bonchev–Trinajstić information content (AvgIpc) is 3.40. The molecule has 0 saturated carbocycles. The Hall–Kier alpha value is -1.84. The lowest BCUT2D eigenvalue weighted by atomic mass is 10.1. The van der Waals surface area contributed by atoms with Gasteiger partial charge in [-0.25, -0.2) is 9.59 Å². The first-order chi connectivity index (χ1) is 21.2. The first-order valence-corrected chi connectivity index (χ1v) is 17.3. The third-order valence-electron chi connectivity index (χ3n) is 6.01. The summed E-state index contributed by atoms with van der Waals surface area (Å²) in [5, 5.41) is 40.8. The van der Waals surface area contributed by atoms with E-state index in [-0.39, 0.29) is 9.28 Å². The Bertz CT molecular complexity index is 1580. The standard InChI is InChI=1S/C18H20N4O17P4S2/c23-11-7(35-15(13(11)25)21-3-1-9(44)19-17(21)27)5-33-40(29)37-42(31)39-43(32)38-41(30)34-6-8-12(24)14(26)16(36-8)22-4-2-10(45)20-18(22)28/h1-4,7-8,11-16,23-26H,5-6H2/q+2/p+2/t7-,8+,11-,12+,13-,14+,15-,16+. The normalized spacial score (nSPS) is 29.4. The lowest BCUT2D eigenvalue weighted by Crippen LogP contribution is -2.36. The molecule has 45 heavy (non-hydrogen) atoms. The number of aliphatic hydroxyl groups excluding tert-OH is 4. The molecule has 21 nitrogen and oxygen atoms in total. The Morgan fingerprint density at radius 2 is 1.02 bits per heavy atom. The number of nitrogens with zero attached hydrogens (tertiary/aromatic N) is 2. The Morgan fingerprint density at radius 3 is 1.38 bits per heavy atom. The predicted molar refractivity (Wildman–Crippen MR) is 149 cm³/mol. The molecule has 4 rings (SSSR count). The van der Waals surface area contributed by atoms with Gasteiger partial charge in [-0.05, 0) is 12.1 Å². The van der Waals surface area contributed by atoms with E-state index in [1.807, 2.05) is 0 Å². The van der Waals surface area contributed by atoms with E-state index in [1.54, 1.807) is 0 Å². The van der Waals surface area contributed by atoms with Crippen LogP contribution in [0.5, 0.6) is 0 Å². The van der Waals surface area contributed by atoms with Gasteiger partial charge >= 0.3 is 44.4 Å². The molecule has 0 amide bonds. The van der Waals surface area contributed by atoms with Gasteiger partial charge in [0.2, 0.25) is 0 Å². The number of hydrogen-bond acceptors (Lipinski definition) is 19. The van der Waals surface area contributed by atoms with E-state index < -0.39 is 107 Å². The van der Waals surface area contributed by atoms with Crippen molar-refractivity contribution in [2.75, 3.05) is 13.2 Å². The van der Waals surface area contributed by atoms with Crippen LogP contribution in [-0.2, 0) is 49.7 Å². The Kier molecular flexibility index (Phi) is 12.7. The molecule has 2 aromatic heterocycles. The topological polar surface area (TPSA) is 289 Å². The molecule has 0 aliphatic carbocycles. The molecule has 6 N–H and O–H groups in total. The summed E-state index contributed by atoms with van der Waals surface area (Å²) in [6.45, 7) is -1.38. The fourth-order valence-corrected chi connectivity index (χ4v) is 7.25. The zero-order chi connectivity index (χ0) is 33.0. The number of hydrogen-bond donors (Lipinski definition) is 6. The van der Waals surface area contributed by atoms with Crippen molar-refractivity contribution in [3.8, 4) is 0 Å². The summed E-state index contributed by atoms with van der Waals surface area (Å²) in [5.41, 5.74) is -1.48. The van der Waals surface area contributed by atoms with Crippen LogP contribution in [0.2, 0.25) is 0 Å². The van der Waals surface area contributed by atoms with E-state index in [4.69, 9.17) is 43.0 Å². The van der Waals surface area contributed by atoms with E-state index in [9.17, 15) is 48.3 Å². The highest BCUT2D eigenvalue weighted by atomic mass is 32.1. The number of H-pyrrole nitrogens is 2. The Balaban J connectivity index is 1.18. The molecule has 2 saturated heterocycles. The molecular formula is C18H22N4O17P4S2+4. The monoisotopic (exact) mass is 754 g/mol. The fraction of sp³-hybridized carbons (Fsp3) is 0.556. The van der Waals surface area contributed by atoms with Crippen molar-refractivity contribution >= 4 is 57.5 Å². The van der Waals surface area contributed by atoms with E-state index in [1.165, 1.54) is 24.5 Å². The minimum atomic E-state index is -3.46. The summed E-state index contributed by atoms with van der Waals surface area (Å²) in [6, 6.07) is 2.67. The Labute approximate surface area is 263 Å². The van der Waals surface area contributed by atoms with Gasteiger partial charge in [0.15, 0.2) is 25.4 Å². The van der Waals surface area contributed by atoms with Crippen LogP contribution in [0, 0.1) is 9.28 Å². The molecule has 0 aromatic carbocycles. The number of aliphatic hydroxyl groups is 4. The number of aromatic nitrogens is 4. The summed E-state index contributed by atoms with van der Waals surface area (Å²) in [7, 11) is -13.4. The van der Waals surface area contributed by atoms with Gasteiger partial charge < -0.3 is 29.9 Å². The van der Waals surface area contributed by atoms with Crippen molar-refractivity contribution in [3.05, 3.63) is 54.8 Å². The lowest BCUT2D eigenvalue weighted by molar-refractivity contribution is -0.0516. The van der Waals surface area contributed by atoms with Crippen molar-refractivity contribution in [1.82, 2.24) is 19.1 Å². The highest BCUT2D eigenvalue weighted by Crippen LogP contribution is 2.51. The van der Waals surface area contributed by atoms with Crippen LogP contribution in [-0.4, -0.2) is 89.4 Å². The van der Waals surface area contributed by atoms with Crippen molar-refractivity contribution in [2.45, 2.75) is 49.1 Å². The highest BCUT2D eigenvalue weighted by Gasteiger charge is 2.56. The first kappa shape index (κ1) is 36.0. The predicted octanol–water partition coefficient (Wildman–Crippen LogP) is 0.776. The van der Waals surface area contributed by atoms with Gasteiger partial charge in [-0.3, -0.25) is 19.1 Å². The molecule has 2 aliphatic rings. The SMILES string of the molecule is O=c1[nH]c(=S)ccn1[C@@H]1O[C@H](CO[P+](=O)O[P+](=O)O[P+](=O)O[P+](=O)OC[C@@H]2O[C@H](n3ccc(=S)[nH]c3=O)[C@@H](O)[C@H]2O)[C@@H](O)[C@H]1O. The largest absolute Gasteiger partial charge is 0.798 e. The second-order valence-electron chi connectivity index (χ2n) is 8.86. The van der Waals surface area contributed by atoms with E-state index in [0.29, 0.717) is 0 Å². The zero-order valence-electron chi connectivity index (χ0n) is 21.9. The molecule has 244 valence electrons. The molecule has 0 radical (unpaired) electrons. The van der Waals surface area contributed by atoms with Gasteiger partial charge in [-0.15, -0.1) is 9.05 Å². The van der Waals surface area contributed by atoms with E-state index in [0.717, 1.165) is 9.13 Å². The average molecular weight is 754 g/mol. The third kappa shape index (κ3) is 9.16. The van der Waals surface area contributed by atoms with Crippen LogP contribution >= 0.6 is 57.5 Å². The van der Waals surface area contributed by atoms with Gasteiger partial charge in [0, 0.05) is 30.7 Å². The third-order valence-corrected chi connectivity index (χ3v) is 10.4. The van der Waals surface area contributed by atoms with Crippen LogP contribution in [0.1, 0.15) is 12.5 Å². The molecule has 2 fully saturated rings. The summed E-state index contributed by atoms with van der Waals surface area (Å²) in [6.07, 6.45) is -9.36. The second-order valence-corrected chi connectivity index (χ2v) is 14.0. The zero-order valence-corrected chi connectivity index (χ0v) is 27.1. The van der Waals surface area contributed by atoms with Crippen molar-refractivity contribution < 1.29 is 70.1 Å². The lowest BCUT2D eigenvalue weighted by Gasteiger charge is -2.16. The van der Waals surface area contributed by atoms with Gasteiger partial charge in [-0.1, -0.05) is 24.4 Å². The maximum atomic E-state index is 12.1. The van der Waals surface area contributed by atoms with Crippen LogP contribution in [0.3, 0.4) is 0 Å². The van der Waals surface area contributed by atoms with Gasteiger partial charge in [0.1, 0.15) is 59.1 Å². The fourth-order valence-electron chi connectivity index (χ4n) is 3.96. The first-order valence-electron chi connectivity index (χ1n) is 12.1. The number of nitrogens with one attached hydrogen (secondary N) is 2. The maximum Gasteiger partial charge on any atom is 0.798 e. The summed E-state index contributed by atoms with van der Waals surface area (Å²) < 4.78 is 83.2. The molecule has 27 heteroatoms. The minimum Gasteiger partial charge on any atom is -0.387 e. The molecular weight excluding hydrogens is 732 g/mol. The quantitative estimate of drug-likeness (QED) is 0.115. The molecule has 0 bridgehead atoms.